The molecule has 1 aromatic rings. The fourth-order valence-electron chi connectivity index (χ4n) is 0.863. The number of methoxy groups -OCH3 is 1. The Labute approximate surface area is 80.3 Å². The average Bonchev–Trinajstić information content (AvgIpc) is 2.20. The molecule has 0 aliphatic rings. The molecule has 0 saturated heterocycles. The minimum atomic E-state index is -1.03. The van der Waals surface area contributed by atoms with Gasteiger partial charge in [0.15, 0.2) is 0 Å². The highest BCUT2D eigenvalue weighted by Gasteiger charge is 2.07. The number of benzene rings is 1. The highest BCUT2D eigenvalue weighted by molar-refractivity contribution is 5.93. The normalized spacial score (nSPS) is 8.21. The lowest BCUT2D eigenvalue weighted by atomic mass is 10.2. The first-order chi connectivity index (χ1) is 6.65. The number of nitrogen functional groups attached to an aromatic ring is 1. The van der Waals surface area contributed by atoms with Gasteiger partial charge in [0, 0.05) is 22.5 Å². The van der Waals surface area contributed by atoms with Crippen LogP contribution < -0.4 is 10.5 Å². The quantitative estimate of drug-likeness (QED) is 0.536. The van der Waals surface area contributed by atoms with Gasteiger partial charge in [-0.3, -0.25) is 0 Å². The third kappa shape index (κ3) is 2.64. The molecule has 0 unspecified atom stereocenters. The maximum atomic E-state index is 10.5. The van der Waals surface area contributed by atoms with E-state index in [2.05, 4.69) is 0 Å². The van der Waals surface area contributed by atoms with Crippen molar-refractivity contribution in [3.05, 3.63) is 23.8 Å². The molecule has 0 atom stereocenters. The van der Waals surface area contributed by atoms with E-state index in [1.807, 2.05) is 0 Å². The van der Waals surface area contributed by atoms with E-state index in [0.717, 1.165) is 0 Å². The monoisotopic (exact) mass is 195 g/mol. The topological polar surface area (TPSA) is 120 Å². The summed E-state index contributed by atoms with van der Waals surface area (Å²) in [5.41, 5.74) is 5.74. The van der Waals surface area contributed by atoms with Crippen LogP contribution >= 0.6 is 0 Å². The summed E-state index contributed by atoms with van der Waals surface area (Å²) in [6, 6.07) is 4.44. The number of aromatic carboxylic acids is 1. The van der Waals surface area contributed by atoms with Gasteiger partial charge in [0.25, 0.3) is 0 Å². The molecule has 1 rings (SSSR count). The summed E-state index contributed by atoms with van der Waals surface area (Å²) in [6.07, 6.45) is 0. The van der Waals surface area contributed by atoms with Gasteiger partial charge in [0.1, 0.15) is 5.75 Å². The van der Waals surface area contributed by atoms with Crippen molar-refractivity contribution in [1.82, 2.24) is 0 Å². The van der Waals surface area contributed by atoms with Crippen LogP contribution in [0.3, 0.4) is 0 Å². The zero-order chi connectivity index (χ0) is 11.1. The lowest BCUT2D eigenvalue weighted by Gasteiger charge is -2.03. The van der Waals surface area contributed by atoms with Crippen molar-refractivity contribution in [3.8, 4) is 5.75 Å². The smallest absolute Gasteiger partial charge is 0.337 e. The minimum absolute atomic E-state index is 0.0933. The van der Waals surface area contributed by atoms with Gasteiger partial charge in [0.05, 0.1) is 12.7 Å². The summed E-state index contributed by atoms with van der Waals surface area (Å²) < 4.78 is 4.86. The van der Waals surface area contributed by atoms with Gasteiger partial charge in [0.2, 0.25) is 0 Å². The summed E-state index contributed by atoms with van der Waals surface area (Å²) in [6.45, 7) is 0. The summed E-state index contributed by atoms with van der Waals surface area (Å²) in [5.74, 6) is -0.479. The van der Waals surface area contributed by atoms with Crippen molar-refractivity contribution in [3.63, 3.8) is 0 Å². The van der Waals surface area contributed by atoms with Gasteiger partial charge in [-0.05, 0) is 12.1 Å². The number of carbonyl (C=O) groups is 1. The van der Waals surface area contributed by atoms with E-state index in [-0.39, 0.29) is 11.3 Å². The molecule has 0 aliphatic heterocycles. The van der Waals surface area contributed by atoms with Gasteiger partial charge in [-0.15, -0.1) is 0 Å². The summed E-state index contributed by atoms with van der Waals surface area (Å²) >= 11 is 0. The number of hydrogen-bond acceptors (Lipinski definition) is 5. The molecule has 6 nitrogen and oxygen atoms in total. The standard InChI is InChI=1S/C8H9NO3.N2/c1-12-5-2-3-6(8(10)11)7(9)4-5;1-2/h2-4H,9H2,1H3,(H,10,11);. The molecular weight excluding hydrogens is 186 g/mol. The lowest BCUT2D eigenvalue weighted by molar-refractivity contribution is 0.0698. The molecule has 1 aromatic carbocycles. The van der Waals surface area contributed by atoms with Gasteiger partial charge >= 0.3 is 5.97 Å². The number of nitrogens with two attached hydrogens (primary N) is 1. The Hall–Kier alpha value is -2.29. The Morgan fingerprint density at radius 1 is 1.50 bits per heavy atom. The van der Waals surface area contributed by atoms with Crippen molar-refractivity contribution < 1.29 is 14.6 Å². The first-order valence-corrected chi connectivity index (χ1v) is 3.52. The SMILES string of the molecule is COc1ccc(C(=O)O)c(N)c1.N#N. The van der Waals surface area contributed by atoms with Crippen molar-refractivity contribution >= 4 is 11.7 Å². The van der Waals surface area contributed by atoms with E-state index in [0.29, 0.717) is 5.75 Å². The molecule has 0 radical (unpaired) electrons. The average molecular weight is 195 g/mol. The van der Waals surface area contributed by atoms with Crippen LogP contribution in [0.25, 0.3) is 0 Å². The zero-order valence-corrected chi connectivity index (χ0v) is 7.47. The predicted molar refractivity (Wildman–Crippen MR) is 47.8 cm³/mol. The van der Waals surface area contributed by atoms with Crippen LogP contribution in [0, 0.1) is 10.8 Å². The third-order valence-electron chi connectivity index (χ3n) is 1.49. The number of carboxylic acids is 1. The van der Waals surface area contributed by atoms with Crippen LogP contribution in [0.15, 0.2) is 18.2 Å². The summed E-state index contributed by atoms with van der Waals surface area (Å²) in [7, 11) is 1.50. The molecule has 0 saturated carbocycles. The van der Waals surface area contributed by atoms with Crippen molar-refractivity contribution in [2.75, 3.05) is 12.8 Å². The van der Waals surface area contributed by atoms with E-state index in [9.17, 15) is 4.79 Å². The number of nitrogens with zero attached hydrogens (tertiary/aromatic N) is 2. The fraction of sp³-hybridized carbons (Fsp3) is 0.125. The molecule has 3 N–H and O–H groups in total. The van der Waals surface area contributed by atoms with Crippen LogP contribution in [0.2, 0.25) is 0 Å². The Bertz CT molecular complexity index is 349. The molecule has 74 valence electrons. The van der Waals surface area contributed by atoms with E-state index in [1.165, 1.54) is 19.2 Å². The zero-order valence-electron chi connectivity index (χ0n) is 7.47. The van der Waals surface area contributed by atoms with Gasteiger partial charge in [-0.1, -0.05) is 0 Å². The first-order valence-electron chi connectivity index (χ1n) is 3.52. The molecule has 0 bridgehead atoms. The number of carboxylic acid groups (broad SMARTS) is 1. The largest absolute Gasteiger partial charge is 0.497 e. The van der Waals surface area contributed by atoms with E-state index >= 15 is 0 Å². The molecule has 6 heteroatoms. The minimum Gasteiger partial charge on any atom is -0.497 e. The number of anilines is 1. The second-order valence-corrected chi connectivity index (χ2v) is 2.26. The Morgan fingerprint density at radius 3 is 2.43 bits per heavy atom. The van der Waals surface area contributed by atoms with Crippen LogP contribution in [0.5, 0.6) is 5.75 Å². The van der Waals surface area contributed by atoms with Crippen molar-refractivity contribution in [2.24, 2.45) is 0 Å². The van der Waals surface area contributed by atoms with Crippen LogP contribution in [0.4, 0.5) is 5.69 Å². The fourth-order valence-corrected chi connectivity index (χ4v) is 0.863. The lowest BCUT2D eigenvalue weighted by Crippen LogP contribution is -2.02. The third-order valence-corrected chi connectivity index (χ3v) is 1.49. The highest BCUT2D eigenvalue weighted by atomic mass is 16.5. The van der Waals surface area contributed by atoms with Crippen molar-refractivity contribution in [1.29, 1.82) is 10.8 Å². The van der Waals surface area contributed by atoms with Gasteiger partial charge < -0.3 is 15.6 Å². The van der Waals surface area contributed by atoms with Crippen molar-refractivity contribution in [2.45, 2.75) is 0 Å². The molecule has 0 fully saturated rings. The Balaban J connectivity index is 0.000000791. The maximum Gasteiger partial charge on any atom is 0.337 e. The molecule has 0 aliphatic carbocycles. The summed E-state index contributed by atoms with van der Waals surface area (Å²) in [5, 5.41) is 20.6. The van der Waals surface area contributed by atoms with Gasteiger partial charge in [-0.2, -0.15) is 0 Å². The van der Waals surface area contributed by atoms with Gasteiger partial charge in [-0.25, -0.2) is 4.79 Å². The Kier molecular flexibility index (Phi) is 4.49. The van der Waals surface area contributed by atoms with Crippen LogP contribution in [-0.4, -0.2) is 18.2 Å². The summed E-state index contributed by atoms with van der Waals surface area (Å²) in [4.78, 5) is 10.5. The van der Waals surface area contributed by atoms with E-state index < -0.39 is 5.97 Å². The maximum absolute atomic E-state index is 10.5. The molecule has 0 spiro atoms. The molecule has 0 amide bonds. The molecule has 14 heavy (non-hydrogen) atoms. The van der Waals surface area contributed by atoms with E-state index in [1.54, 1.807) is 6.07 Å². The number of ether oxygens (including phenoxy) is 1. The Morgan fingerprint density at radius 2 is 2.07 bits per heavy atom. The second kappa shape index (κ2) is 5.37. The predicted octanol–water partition coefficient (Wildman–Crippen LogP) is 1.01. The van der Waals surface area contributed by atoms with E-state index in [4.69, 9.17) is 26.4 Å². The molecule has 0 aromatic heterocycles. The molecule has 0 heterocycles. The highest BCUT2D eigenvalue weighted by Crippen LogP contribution is 2.19. The van der Waals surface area contributed by atoms with Crippen LogP contribution in [0.1, 0.15) is 10.4 Å². The van der Waals surface area contributed by atoms with Crippen LogP contribution in [-0.2, 0) is 0 Å². The first kappa shape index (κ1) is 11.7. The number of hydrogen-bond donors (Lipinski definition) is 2. The second-order valence-electron chi connectivity index (χ2n) is 2.26. The molecular formula is C8H9N3O3. The number of rotatable bonds is 2.